The lowest BCUT2D eigenvalue weighted by atomic mass is 10.4. The zero-order valence-corrected chi connectivity index (χ0v) is 11.3. The molecule has 0 aliphatic carbocycles. The molecule has 0 N–H and O–H groups in total. The Balaban J connectivity index is 2.55. The second-order valence-corrected chi connectivity index (χ2v) is 6.60. The van der Waals surface area contributed by atoms with E-state index in [1.165, 1.54) is 25.1 Å². The Labute approximate surface area is 105 Å². The van der Waals surface area contributed by atoms with Crippen LogP contribution in [0.4, 0.5) is 0 Å². The number of esters is 1. The number of carbonyl (C=O) groups is 1. The van der Waals surface area contributed by atoms with Crippen molar-refractivity contribution in [2.45, 2.75) is 16.2 Å². The third-order valence-corrected chi connectivity index (χ3v) is 4.20. The molecule has 17 heavy (non-hydrogen) atoms. The number of rotatable bonds is 5. The Hall–Kier alpha value is -1.01. The summed E-state index contributed by atoms with van der Waals surface area (Å²) in [5.74, 6) is 0.371. The number of ether oxygens (including phenoxy) is 1. The fourth-order valence-corrected chi connectivity index (χ4v) is 2.60. The standard InChI is InChI=1S/C11H14O4S2/c1-15-11(12)7-8-16-9-3-5-10(6-4-9)17(2,13)14/h3-6H,7-8H2,1-2H3. The molecule has 0 atom stereocenters. The number of methoxy groups -OCH3 is 1. The Morgan fingerprint density at radius 1 is 1.29 bits per heavy atom. The molecular formula is C11H14O4S2. The molecule has 0 saturated carbocycles. The van der Waals surface area contributed by atoms with E-state index in [1.807, 2.05) is 0 Å². The highest BCUT2D eigenvalue weighted by atomic mass is 32.2. The van der Waals surface area contributed by atoms with Gasteiger partial charge in [0, 0.05) is 16.9 Å². The first kappa shape index (κ1) is 14.1. The molecule has 1 rings (SSSR count). The van der Waals surface area contributed by atoms with Crippen molar-refractivity contribution in [3.63, 3.8) is 0 Å². The van der Waals surface area contributed by atoms with Crippen LogP contribution >= 0.6 is 11.8 Å². The molecule has 4 nitrogen and oxygen atoms in total. The molecule has 0 heterocycles. The van der Waals surface area contributed by atoms with Crippen molar-refractivity contribution in [1.82, 2.24) is 0 Å². The van der Waals surface area contributed by atoms with Crippen molar-refractivity contribution in [1.29, 1.82) is 0 Å². The van der Waals surface area contributed by atoms with Crippen LogP contribution in [0.5, 0.6) is 0 Å². The molecule has 0 fully saturated rings. The summed E-state index contributed by atoms with van der Waals surface area (Å²) in [4.78, 5) is 12.1. The summed E-state index contributed by atoms with van der Waals surface area (Å²) in [6.45, 7) is 0. The van der Waals surface area contributed by atoms with Gasteiger partial charge in [-0.25, -0.2) is 8.42 Å². The summed E-state index contributed by atoms with van der Waals surface area (Å²) in [7, 11) is -1.79. The van der Waals surface area contributed by atoms with E-state index < -0.39 is 9.84 Å². The molecule has 0 saturated heterocycles. The predicted octanol–water partition coefficient (Wildman–Crippen LogP) is 1.75. The van der Waals surface area contributed by atoms with Gasteiger partial charge in [-0.1, -0.05) is 0 Å². The Morgan fingerprint density at radius 3 is 2.35 bits per heavy atom. The number of carbonyl (C=O) groups excluding carboxylic acids is 1. The fraction of sp³-hybridized carbons (Fsp3) is 0.364. The van der Waals surface area contributed by atoms with Crippen molar-refractivity contribution in [3.05, 3.63) is 24.3 Å². The maximum absolute atomic E-state index is 11.2. The van der Waals surface area contributed by atoms with E-state index in [9.17, 15) is 13.2 Å². The molecule has 0 unspecified atom stereocenters. The topological polar surface area (TPSA) is 60.4 Å². The first-order valence-corrected chi connectivity index (χ1v) is 7.81. The maximum Gasteiger partial charge on any atom is 0.306 e. The molecule has 0 aromatic heterocycles. The minimum Gasteiger partial charge on any atom is -0.469 e. The quantitative estimate of drug-likeness (QED) is 0.604. The lowest BCUT2D eigenvalue weighted by Crippen LogP contribution is -2.01. The van der Waals surface area contributed by atoms with E-state index in [-0.39, 0.29) is 5.97 Å². The second-order valence-electron chi connectivity index (χ2n) is 3.42. The molecule has 6 heteroatoms. The van der Waals surface area contributed by atoms with Crippen LogP contribution < -0.4 is 0 Å². The van der Waals surface area contributed by atoms with E-state index in [1.54, 1.807) is 24.3 Å². The summed E-state index contributed by atoms with van der Waals surface area (Å²) in [6, 6.07) is 6.60. The molecule has 1 aromatic rings. The second kappa shape index (κ2) is 6.07. The summed E-state index contributed by atoms with van der Waals surface area (Å²) in [5, 5.41) is 0. The van der Waals surface area contributed by atoms with Gasteiger partial charge in [0.2, 0.25) is 0 Å². The van der Waals surface area contributed by atoms with Gasteiger partial charge in [0.15, 0.2) is 9.84 Å². The lowest BCUT2D eigenvalue weighted by molar-refractivity contribution is -0.140. The highest BCUT2D eigenvalue weighted by Crippen LogP contribution is 2.20. The highest BCUT2D eigenvalue weighted by Gasteiger charge is 2.06. The van der Waals surface area contributed by atoms with E-state index in [4.69, 9.17) is 0 Å². The van der Waals surface area contributed by atoms with Crippen LogP contribution in [0, 0.1) is 0 Å². The smallest absolute Gasteiger partial charge is 0.306 e. The number of sulfone groups is 1. The molecule has 1 aromatic carbocycles. The zero-order chi connectivity index (χ0) is 12.9. The van der Waals surface area contributed by atoms with Crippen LogP contribution in [-0.4, -0.2) is 33.5 Å². The SMILES string of the molecule is COC(=O)CCSc1ccc(S(C)(=O)=O)cc1. The highest BCUT2D eigenvalue weighted by molar-refractivity contribution is 7.99. The van der Waals surface area contributed by atoms with Gasteiger partial charge in [0.25, 0.3) is 0 Å². The molecule has 0 aliphatic heterocycles. The van der Waals surface area contributed by atoms with Crippen molar-refractivity contribution in [2.75, 3.05) is 19.1 Å². The third-order valence-electron chi connectivity index (χ3n) is 2.05. The number of hydrogen-bond donors (Lipinski definition) is 0. The minimum absolute atomic E-state index is 0.245. The molecule has 0 bridgehead atoms. The van der Waals surface area contributed by atoms with Gasteiger partial charge in [0.1, 0.15) is 0 Å². The molecular weight excluding hydrogens is 260 g/mol. The molecule has 94 valence electrons. The molecule has 0 amide bonds. The monoisotopic (exact) mass is 274 g/mol. The Morgan fingerprint density at radius 2 is 1.88 bits per heavy atom. The minimum atomic E-state index is -3.14. The Kier molecular flexibility index (Phi) is 5.02. The summed E-state index contributed by atoms with van der Waals surface area (Å²) in [5.41, 5.74) is 0. The van der Waals surface area contributed by atoms with Crippen LogP contribution in [0.2, 0.25) is 0 Å². The van der Waals surface area contributed by atoms with Gasteiger partial charge in [-0.2, -0.15) is 0 Å². The first-order valence-electron chi connectivity index (χ1n) is 4.93. The summed E-state index contributed by atoms with van der Waals surface area (Å²) in [6.07, 6.45) is 1.52. The summed E-state index contributed by atoms with van der Waals surface area (Å²) < 4.78 is 27.0. The first-order chi connectivity index (χ1) is 7.93. The van der Waals surface area contributed by atoms with Crippen molar-refractivity contribution >= 4 is 27.6 Å². The van der Waals surface area contributed by atoms with Crippen LogP contribution in [0.3, 0.4) is 0 Å². The number of hydrogen-bond acceptors (Lipinski definition) is 5. The Bertz CT molecular complexity index is 477. The fourth-order valence-electron chi connectivity index (χ4n) is 1.14. The van der Waals surface area contributed by atoms with E-state index in [0.29, 0.717) is 17.1 Å². The van der Waals surface area contributed by atoms with Gasteiger partial charge in [0.05, 0.1) is 18.4 Å². The van der Waals surface area contributed by atoms with E-state index >= 15 is 0 Å². The van der Waals surface area contributed by atoms with Crippen LogP contribution in [0.25, 0.3) is 0 Å². The molecule has 0 radical (unpaired) electrons. The average Bonchev–Trinajstić information content (AvgIpc) is 2.28. The predicted molar refractivity (Wildman–Crippen MR) is 66.9 cm³/mol. The van der Waals surface area contributed by atoms with Crippen molar-refractivity contribution < 1.29 is 17.9 Å². The van der Waals surface area contributed by atoms with Gasteiger partial charge in [-0.15, -0.1) is 11.8 Å². The third kappa shape index (κ3) is 4.79. The lowest BCUT2D eigenvalue weighted by Gasteiger charge is -2.02. The maximum atomic E-state index is 11.2. The van der Waals surface area contributed by atoms with Gasteiger partial charge in [-0.3, -0.25) is 4.79 Å². The van der Waals surface area contributed by atoms with E-state index in [2.05, 4.69) is 4.74 Å². The van der Waals surface area contributed by atoms with Gasteiger partial charge < -0.3 is 4.74 Å². The van der Waals surface area contributed by atoms with Crippen LogP contribution in [0.1, 0.15) is 6.42 Å². The largest absolute Gasteiger partial charge is 0.469 e. The zero-order valence-electron chi connectivity index (χ0n) is 9.67. The summed E-state index contributed by atoms with van der Waals surface area (Å²) >= 11 is 1.49. The van der Waals surface area contributed by atoms with Crippen molar-refractivity contribution in [3.8, 4) is 0 Å². The molecule has 0 spiro atoms. The van der Waals surface area contributed by atoms with Crippen molar-refractivity contribution in [2.24, 2.45) is 0 Å². The normalized spacial score (nSPS) is 11.2. The van der Waals surface area contributed by atoms with Gasteiger partial charge >= 0.3 is 5.97 Å². The average molecular weight is 274 g/mol. The number of thioether (sulfide) groups is 1. The van der Waals surface area contributed by atoms with E-state index in [0.717, 1.165) is 4.90 Å². The molecule has 0 aliphatic rings. The van der Waals surface area contributed by atoms with Crippen LogP contribution in [0.15, 0.2) is 34.1 Å². The number of benzene rings is 1. The van der Waals surface area contributed by atoms with Gasteiger partial charge in [-0.05, 0) is 24.3 Å². The van der Waals surface area contributed by atoms with Crippen LogP contribution in [-0.2, 0) is 19.4 Å².